The van der Waals surface area contributed by atoms with Crippen LogP contribution >= 0.6 is 0 Å². The summed E-state index contributed by atoms with van der Waals surface area (Å²) in [5.41, 5.74) is 0.150. The zero-order valence-electron chi connectivity index (χ0n) is 14.8. The van der Waals surface area contributed by atoms with Gasteiger partial charge in [0.15, 0.2) is 0 Å². The van der Waals surface area contributed by atoms with Gasteiger partial charge in [-0.3, -0.25) is 9.59 Å². The van der Waals surface area contributed by atoms with Crippen molar-refractivity contribution in [1.29, 1.82) is 0 Å². The number of hydrogen-bond donors (Lipinski definition) is 2. The van der Waals surface area contributed by atoms with Gasteiger partial charge in [0.2, 0.25) is 0 Å². The molecular weight excluding hydrogens is 388 g/mol. The second-order valence-corrected chi connectivity index (χ2v) is 6.07. The number of alkyl halides is 3. The van der Waals surface area contributed by atoms with Crippen LogP contribution in [0, 0.1) is 5.82 Å². The molecule has 148 valence electrons. The standard InChI is InChI=1S/C21H14F4N2O2/c22-16-8-4-13(5-9-16)19(28)27-18-3-1-2-14(12-18)20(29)26-17-10-6-15(7-11-17)21(23,24)25/h1-12H,(H,26,29)(H,27,28). The molecule has 0 heterocycles. The highest BCUT2D eigenvalue weighted by atomic mass is 19.4. The molecule has 3 aromatic rings. The third-order valence-electron chi connectivity index (χ3n) is 3.96. The summed E-state index contributed by atoms with van der Waals surface area (Å²) in [4.78, 5) is 24.5. The molecule has 0 aliphatic heterocycles. The van der Waals surface area contributed by atoms with Crippen LogP contribution in [0.5, 0.6) is 0 Å². The van der Waals surface area contributed by atoms with Gasteiger partial charge < -0.3 is 10.6 Å². The number of rotatable bonds is 4. The Bertz CT molecular complexity index is 1030. The molecule has 3 rings (SSSR count). The molecule has 0 bridgehead atoms. The molecule has 0 radical (unpaired) electrons. The number of carbonyl (C=O) groups excluding carboxylic acids is 2. The zero-order chi connectivity index (χ0) is 21.0. The molecule has 0 aliphatic carbocycles. The molecule has 2 amide bonds. The Balaban J connectivity index is 1.69. The van der Waals surface area contributed by atoms with Crippen LogP contribution in [0.1, 0.15) is 26.3 Å². The van der Waals surface area contributed by atoms with E-state index >= 15 is 0 Å². The number of amides is 2. The van der Waals surface area contributed by atoms with Gasteiger partial charge in [-0.2, -0.15) is 13.2 Å². The highest BCUT2D eigenvalue weighted by Gasteiger charge is 2.30. The predicted octanol–water partition coefficient (Wildman–Crippen LogP) is 5.35. The molecule has 0 aliphatic rings. The Kier molecular flexibility index (Phi) is 5.63. The number of carbonyl (C=O) groups is 2. The van der Waals surface area contributed by atoms with Gasteiger partial charge >= 0.3 is 6.18 Å². The van der Waals surface area contributed by atoms with Crippen LogP contribution in [0.3, 0.4) is 0 Å². The Morgan fingerprint density at radius 2 is 1.28 bits per heavy atom. The lowest BCUT2D eigenvalue weighted by molar-refractivity contribution is -0.137. The Morgan fingerprint density at radius 1 is 0.690 bits per heavy atom. The number of halogens is 4. The molecule has 29 heavy (non-hydrogen) atoms. The van der Waals surface area contributed by atoms with Gasteiger partial charge in [0.1, 0.15) is 5.82 Å². The van der Waals surface area contributed by atoms with Gasteiger partial charge in [-0.15, -0.1) is 0 Å². The molecule has 0 atom stereocenters. The summed E-state index contributed by atoms with van der Waals surface area (Å²) in [5.74, 6) is -1.50. The van der Waals surface area contributed by atoms with E-state index in [0.29, 0.717) is 5.69 Å². The fourth-order valence-electron chi connectivity index (χ4n) is 2.49. The van der Waals surface area contributed by atoms with Crippen molar-refractivity contribution < 1.29 is 27.2 Å². The van der Waals surface area contributed by atoms with Crippen LogP contribution in [0.4, 0.5) is 28.9 Å². The minimum atomic E-state index is -4.46. The monoisotopic (exact) mass is 402 g/mol. The molecule has 0 saturated heterocycles. The van der Waals surface area contributed by atoms with E-state index in [1.807, 2.05) is 0 Å². The van der Waals surface area contributed by atoms with E-state index in [1.165, 1.54) is 24.3 Å². The minimum absolute atomic E-state index is 0.196. The summed E-state index contributed by atoms with van der Waals surface area (Å²) in [6.07, 6.45) is -4.46. The summed E-state index contributed by atoms with van der Waals surface area (Å²) < 4.78 is 50.7. The van der Waals surface area contributed by atoms with Crippen molar-refractivity contribution in [2.45, 2.75) is 6.18 Å². The first-order valence-electron chi connectivity index (χ1n) is 8.38. The quantitative estimate of drug-likeness (QED) is 0.578. The number of benzene rings is 3. The van der Waals surface area contributed by atoms with Crippen molar-refractivity contribution in [3.63, 3.8) is 0 Å². The number of anilines is 2. The van der Waals surface area contributed by atoms with Gasteiger partial charge in [-0.25, -0.2) is 4.39 Å². The van der Waals surface area contributed by atoms with Crippen LogP contribution in [-0.2, 0) is 6.18 Å². The van der Waals surface area contributed by atoms with Crippen molar-refractivity contribution in [1.82, 2.24) is 0 Å². The van der Waals surface area contributed by atoms with Crippen LogP contribution < -0.4 is 10.6 Å². The Hall–Kier alpha value is -3.68. The number of nitrogens with one attached hydrogen (secondary N) is 2. The van der Waals surface area contributed by atoms with E-state index in [1.54, 1.807) is 12.1 Å². The average Bonchev–Trinajstić information content (AvgIpc) is 2.68. The lowest BCUT2D eigenvalue weighted by atomic mass is 10.1. The van der Waals surface area contributed by atoms with Crippen molar-refractivity contribution in [3.8, 4) is 0 Å². The van der Waals surface area contributed by atoms with Crippen LogP contribution in [0.25, 0.3) is 0 Å². The molecule has 0 spiro atoms. The molecule has 8 heteroatoms. The van der Waals surface area contributed by atoms with Crippen molar-refractivity contribution >= 4 is 23.2 Å². The van der Waals surface area contributed by atoms with Crippen LogP contribution in [0.2, 0.25) is 0 Å². The molecule has 0 fully saturated rings. The highest BCUT2D eigenvalue weighted by molar-refractivity contribution is 6.07. The van der Waals surface area contributed by atoms with E-state index in [4.69, 9.17) is 0 Å². The highest BCUT2D eigenvalue weighted by Crippen LogP contribution is 2.29. The molecule has 0 saturated carbocycles. The summed E-state index contributed by atoms with van der Waals surface area (Å²) in [7, 11) is 0. The first-order valence-corrected chi connectivity index (χ1v) is 8.38. The first-order chi connectivity index (χ1) is 13.7. The second kappa shape index (κ2) is 8.14. The zero-order valence-corrected chi connectivity index (χ0v) is 14.8. The van der Waals surface area contributed by atoms with Crippen LogP contribution in [-0.4, -0.2) is 11.8 Å². The summed E-state index contributed by atoms with van der Waals surface area (Å²) >= 11 is 0. The first kappa shape index (κ1) is 20.1. The van der Waals surface area contributed by atoms with Gasteiger partial charge in [-0.05, 0) is 66.7 Å². The molecule has 3 aromatic carbocycles. The maximum absolute atomic E-state index is 12.9. The fourth-order valence-corrected chi connectivity index (χ4v) is 2.49. The van der Waals surface area contributed by atoms with E-state index in [-0.39, 0.29) is 16.8 Å². The van der Waals surface area contributed by atoms with Crippen molar-refractivity contribution in [2.75, 3.05) is 10.6 Å². The second-order valence-electron chi connectivity index (χ2n) is 6.07. The topological polar surface area (TPSA) is 58.2 Å². The average molecular weight is 402 g/mol. The maximum Gasteiger partial charge on any atom is 0.416 e. The van der Waals surface area contributed by atoms with E-state index in [9.17, 15) is 27.2 Å². The summed E-state index contributed by atoms with van der Waals surface area (Å²) in [6.45, 7) is 0. The summed E-state index contributed by atoms with van der Waals surface area (Å²) in [5, 5.41) is 5.09. The van der Waals surface area contributed by atoms with Gasteiger partial charge in [-0.1, -0.05) is 6.07 Å². The molecule has 2 N–H and O–H groups in total. The molecule has 0 unspecified atom stereocenters. The predicted molar refractivity (Wildman–Crippen MR) is 100 cm³/mol. The van der Waals surface area contributed by atoms with Crippen molar-refractivity contribution in [2.24, 2.45) is 0 Å². The van der Waals surface area contributed by atoms with Gasteiger partial charge in [0.25, 0.3) is 11.8 Å². The molecular formula is C21H14F4N2O2. The molecule has 4 nitrogen and oxygen atoms in total. The maximum atomic E-state index is 12.9. The lowest BCUT2D eigenvalue weighted by Gasteiger charge is -2.10. The van der Waals surface area contributed by atoms with E-state index < -0.39 is 29.4 Å². The van der Waals surface area contributed by atoms with E-state index in [0.717, 1.165) is 36.4 Å². The third kappa shape index (κ3) is 5.19. The third-order valence-corrected chi connectivity index (χ3v) is 3.96. The summed E-state index contributed by atoms with van der Waals surface area (Å²) in [6, 6.07) is 15.0. The van der Waals surface area contributed by atoms with E-state index in [2.05, 4.69) is 10.6 Å². The lowest BCUT2D eigenvalue weighted by Crippen LogP contribution is -2.15. The Labute approximate surface area is 163 Å². The largest absolute Gasteiger partial charge is 0.416 e. The smallest absolute Gasteiger partial charge is 0.322 e. The SMILES string of the molecule is O=C(Nc1cccc(C(=O)Nc2ccc(C(F)(F)F)cc2)c1)c1ccc(F)cc1. The molecule has 0 aromatic heterocycles. The van der Waals surface area contributed by atoms with Gasteiger partial charge in [0, 0.05) is 22.5 Å². The normalized spacial score (nSPS) is 11.0. The number of hydrogen-bond acceptors (Lipinski definition) is 2. The Morgan fingerprint density at radius 3 is 1.90 bits per heavy atom. The van der Waals surface area contributed by atoms with Gasteiger partial charge in [0.05, 0.1) is 5.56 Å². The minimum Gasteiger partial charge on any atom is -0.322 e. The van der Waals surface area contributed by atoms with Crippen LogP contribution in [0.15, 0.2) is 72.8 Å². The fraction of sp³-hybridized carbons (Fsp3) is 0.0476. The van der Waals surface area contributed by atoms with Crippen molar-refractivity contribution in [3.05, 3.63) is 95.3 Å².